The number of aromatic nitrogens is 2. The maximum atomic E-state index is 12.6. The standard InChI is InChI=1S/C26H31ClN4O2S/c1-19-4-2-5-20(16-19)18-34-15-3-12-28-26(32)22-10-13-31(14-11-22)17-24-29-25(30-33-24)21-6-8-23(27)9-7-21/h2,4-9,16,22H,3,10-15,17-18H2,1H3,(H,28,32). The molecular weight excluding hydrogens is 468 g/mol. The average Bonchev–Trinajstić information content (AvgIpc) is 3.30. The Hall–Kier alpha value is -2.35. The van der Waals surface area contributed by atoms with Crippen molar-refractivity contribution >= 4 is 29.3 Å². The van der Waals surface area contributed by atoms with Crippen molar-refractivity contribution in [3.8, 4) is 11.4 Å². The third-order valence-electron chi connectivity index (χ3n) is 6.00. The van der Waals surface area contributed by atoms with Crippen LogP contribution in [0, 0.1) is 12.8 Å². The van der Waals surface area contributed by atoms with E-state index in [0.29, 0.717) is 23.3 Å². The molecule has 2 aromatic carbocycles. The van der Waals surface area contributed by atoms with E-state index < -0.39 is 0 Å². The van der Waals surface area contributed by atoms with E-state index >= 15 is 0 Å². The molecule has 0 saturated carbocycles. The lowest BCUT2D eigenvalue weighted by Gasteiger charge is -2.30. The van der Waals surface area contributed by atoms with Gasteiger partial charge in [0.25, 0.3) is 0 Å². The van der Waals surface area contributed by atoms with Crippen molar-refractivity contribution < 1.29 is 9.32 Å². The number of halogens is 1. The van der Waals surface area contributed by atoms with Crippen LogP contribution in [-0.2, 0) is 17.1 Å². The van der Waals surface area contributed by atoms with Gasteiger partial charge in [0.1, 0.15) is 0 Å². The van der Waals surface area contributed by atoms with Crippen LogP contribution in [0.5, 0.6) is 0 Å². The first-order valence-corrected chi connectivity index (χ1v) is 13.3. The SMILES string of the molecule is Cc1cccc(CSCCCNC(=O)C2CCN(Cc3nc(-c4ccc(Cl)cc4)no3)CC2)c1. The first-order chi connectivity index (χ1) is 16.6. The third-order valence-corrected chi connectivity index (χ3v) is 7.37. The Bertz CT molecular complexity index is 1060. The summed E-state index contributed by atoms with van der Waals surface area (Å²) < 4.78 is 5.43. The lowest BCUT2D eigenvalue weighted by Crippen LogP contribution is -2.40. The molecule has 1 aliphatic rings. The molecule has 0 atom stereocenters. The molecule has 3 aromatic rings. The molecule has 8 heteroatoms. The molecule has 0 unspecified atom stereocenters. The number of piperidine rings is 1. The second-order valence-corrected chi connectivity index (χ2v) is 10.3. The zero-order valence-electron chi connectivity index (χ0n) is 19.5. The Labute approximate surface area is 210 Å². The number of hydrogen-bond donors (Lipinski definition) is 1. The van der Waals surface area contributed by atoms with Crippen molar-refractivity contribution in [2.75, 3.05) is 25.4 Å². The molecule has 0 radical (unpaired) electrons. The maximum Gasteiger partial charge on any atom is 0.241 e. The minimum atomic E-state index is 0.0866. The molecule has 4 rings (SSSR count). The van der Waals surface area contributed by atoms with Gasteiger partial charge in [0.15, 0.2) is 0 Å². The van der Waals surface area contributed by atoms with Crippen LogP contribution in [0.15, 0.2) is 53.1 Å². The van der Waals surface area contributed by atoms with E-state index in [9.17, 15) is 4.79 Å². The van der Waals surface area contributed by atoms with E-state index in [0.717, 1.165) is 56.0 Å². The molecule has 2 heterocycles. The van der Waals surface area contributed by atoms with Crippen molar-refractivity contribution in [2.24, 2.45) is 5.92 Å². The summed E-state index contributed by atoms with van der Waals surface area (Å²) in [6.45, 7) is 5.17. The fraction of sp³-hybridized carbons (Fsp3) is 0.423. The van der Waals surface area contributed by atoms with Crippen molar-refractivity contribution in [3.63, 3.8) is 0 Å². The third kappa shape index (κ3) is 7.32. The van der Waals surface area contributed by atoms with Crippen LogP contribution in [0.3, 0.4) is 0 Å². The summed E-state index contributed by atoms with van der Waals surface area (Å²) in [5, 5.41) is 7.89. The Morgan fingerprint density at radius 1 is 1.21 bits per heavy atom. The highest BCUT2D eigenvalue weighted by Gasteiger charge is 2.25. The van der Waals surface area contributed by atoms with Gasteiger partial charge in [-0.25, -0.2) is 0 Å². The van der Waals surface area contributed by atoms with E-state index in [1.54, 1.807) is 0 Å². The van der Waals surface area contributed by atoms with Gasteiger partial charge in [-0.05, 0) is 74.9 Å². The number of amides is 1. The molecule has 180 valence electrons. The topological polar surface area (TPSA) is 71.3 Å². The minimum absolute atomic E-state index is 0.0866. The van der Waals surface area contributed by atoms with Crippen molar-refractivity contribution in [2.45, 2.75) is 38.5 Å². The van der Waals surface area contributed by atoms with Crippen molar-refractivity contribution in [1.29, 1.82) is 0 Å². The largest absolute Gasteiger partial charge is 0.356 e. The Morgan fingerprint density at radius 3 is 2.76 bits per heavy atom. The van der Waals surface area contributed by atoms with Gasteiger partial charge in [-0.1, -0.05) is 46.6 Å². The molecular formula is C26H31ClN4O2S. The first kappa shape index (κ1) is 24.8. The van der Waals surface area contributed by atoms with E-state index in [-0.39, 0.29) is 11.8 Å². The van der Waals surface area contributed by atoms with E-state index in [4.69, 9.17) is 16.1 Å². The molecule has 1 amide bonds. The van der Waals surface area contributed by atoms with Gasteiger partial charge in [-0.3, -0.25) is 9.69 Å². The van der Waals surface area contributed by atoms with Gasteiger partial charge in [0, 0.05) is 28.8 Å². The van der Waals surface area contributed by atoms with Crippen molar-refractivity contribution in [1.82, 2.24) is 20.4 Å². The van der Waals surface area contributed by atoms with Crippen LogP contribution in [0.2, 0.25) is 5.02 Å². The smallest absolute Gasteiger partial charge is 0.241 e. The molecule has 1 aromatic heterocycles. The molecule has 0 aliphatic carbocycles. The van der Waals surface area contributed by atoms with E-state index in [1.807, 2.05) is 36.0 Å². The van der Waals surface area contributed by atoms with Gasteiger partial charge in [-0.15, -0.1) is 0 Å². The molecule has 1 fully saturated rings. The van der Waals surface area contributed by atoms with Crippen LogP contribution >= 0.6 is 23.4 Å². The summed E-state index contributed by atoms with van der Waals surface area (Å²) >= 11 is 7.86. The second kappa shape index (κ2) is 12.4. The van der Waals surface area contributed by atoms with Gasteiger partial charge < -0.3 is 9.84 Å². The number of nitrogens with one attached hydrogen (secondary N) is 1. The van der Waals surface area contributed by atoms with Crippen molar-refractivity contribution in [3.05, 3.63) is 70.6 Å². The van der Waals surface area contributed by atoms with Crippen LogP contribution in [0.1, 0.15) is 36.3 Å². The molecule has 1 aliphatic heterocycles. The summed E-state index contributed by atoms with van der Waals surface area (Å²) in [7, 11) is 0. The number of thioether (sulfide) groups is 1. The number of carbonyl (C=O) groups is 1. The zero-order valence-corrected chi connectivity index (χ0v) is 21.1. The fourth-order valence-electron chi connectivity index (χ4n) is 4.10. The molecule has 1 N–H and O–H groups in total. The van der Waals surface area contributed by atoms with Crippen LogP contribution < -0.4 is 5.32 Å². The zero-order chi connectivity index (χ0) is 23.8. The summed E-state index contributed by atoms with van der Waals surface area (Å²) in [4.78, 5) is 19.3. The van der Waals surface area contributed by atoms with Gasteiger partial charge >= 0.3 is 0 Å². The number of nitrogens with zero attached hydrogens (tertiary/aromatic N) is 3. The molecule has 1 saturated heterocycles. The Morgan fingerprint density at radius 2 is 2.00 bits per heavy atom. The van der Waals surface area contributed by atoms with Crippen LogP contribution in [0.25, 0.3) is 11.4 Å². The number of likely N-dealkylation sites (tertiary alicyclic amines) is 1. The molecule has 34 heavy (non-hydrogen) atoms. The number of rotatable bonds is 10. The fourth-order valence-corrected chi connectivity index (χ4v) is 5.14. The summed E-state index contributed by atoms with van der Waals surface area (Å²) in [6, 6.07) is 16.0. The molecule has 0 bridgehead atoms. The molecule has 6 nitrogen and oxygen atoms in total. The quantitative estimate of drug-likeness (QED) is 0.380. The number of aryl methyl sites for hydroxylation is 1. The van der Waals surface area contributed by atoms with E-state index in [2.05, 4.69) is 51.5 Å². The number of hydrogen-bond acceptors (Lipinski definition) is 6. The Balaban J connectivity index is 1.11. The number of benzene rings is 2. The summed E-state index contributed by atoms with van der Waals surface area (Å²) in [5.41, 5.74) is 3.54. The predicted molar refractivity (Wildman–Crippen MR) is 138 cm³/mol. The summed E-state index contributed by atoms with van der Waals surface area (Å²) in [5.74, 6) is 3.51. The maximum absolute atomic E-state index is 12.6. The predicted octanol–water partition coefficient (Wildman–Crippen LogP) is 5.35. The lowest BCUT2D eigenvalue weighted by atomic mass is 9.96. The first-order valence-electron chi connectivity index (χ1n) is 11.8. The second-order valence-electron chi connectivity index (χ2n) is 8.76. The highest BCUT2D eigenvalue weighted by atomic mass is 35.5. The van der Waals surface area contributed by atoms with Crippen LogP contribution in [-0.4, -0.2) is 46.3 Å². The molecule has 0 spiro atoms. The highest BCUT2D eigenvalue weighted by molar-refractivity contribution is 7.98. The highest BCUT2D eigenvalue weighted by Crippen LogP contribution is 2.22. The normalized spacial score (nSPS) is 14.9. The average molecular weight is 499 g/mol. The number of carbonyl (C=O) groups excluding carboxylic acids is 1. The Kier molecular flexibility index (Phi) is 9.02. The van der Waals surface area contributed by atoms with Gasteiger partial charge in [0.2, 0.25) is 17.6 Å². The van der Waals surface area contributed by atoms with E-state index in [1.165, 1.54) is 11.1 Å². The monoisotopic (exact) mass is 498 g/mol. The lowest BCUT2D eigenvalue weighted by molar-refractivity contribution is -0.126. The van der Waals surface area contributed by atoms with Gasteiger partial charge in [-0.2, -0.15) is 16.7 Å². The minimum Gasteiger partial charge on any atom is -0.356 e. The van der Waals surface area contributed by atoms with Crippen LogP contribution in [0.4, 0.5) is 0 Å². The summed E-state index contributed by atoms with van der Waals surface area (Å²) in [6.07, 6.45) is 2.70. The van der Waals surface area contributed by atoms with Gasteiger partial charge in [0.05, 0.1) is 6.54 Å².